The van der Waals surface area contributed by atoms with Crippen molar-refractivity contribution in [3.63, 3.8) is 0 Å². The summed E-state index contributed by atoms with van der Waals surface area (Å²) in [5.41, 5.74) is 1.01. The number of halogens is 3. The van der Waals surface area contributed by atoms with Crippen molar-refractivity contribution in [1.82, 2.24) is 4.90 Å². The summed E-state index contributed by atoms with van der Waals surface area (Å²) in [5, 5.41) is 0. The van der Waals surface area contributed by atoms with Gasteiger partial charge in [0, 0.05) is 23.1 Å². The van der Waals surface area contributed by atoms with Crippen LogP contribution in [0, 0.1) is 11.6 Å². The van der Waals surface area contributed by atoms with Crippen LogP contribution >= 0.6 is 15.9 Å². The molecule has 2 aromatic rings. The Labute approximate surface area is 147 Å². The van der Waals surface area contributed by atoms with E-state index in [1.54, 1.807) is 4.90 Å². The van der Waals surface area contributed by atoms with Crippen LogP contribution < -0.4 is 4.74 Å². The summed E-state index contributed by atoms with van der Waals surface area (Å²) in [7, 11) is 0. The SMILES string of the molecule is O=C(COc1ccc(F)cc1F)N(Cc1cccc(Br)c1)C1CC1. The zero-order chi connectivity index (χ0) is 17.1. The predicted molar refractivity (Wildman–Crippen MR) is 89.6 cm³/mol. The number of ether oxygens (including phenoxy) is 1. The monoisotopic (exact) mass is 395 g/mol. The van der Waals surface area contributed by atoms with E-state index in [2.05, 4.69) is 15.9 Å². The summed E-state index contributed by atoms with van der Waals surface area (Å²) in [5.74, 6) is -1.82. The Hall–Kier alpha value is -1.95. The van der Waals surface area contributed by atoms with Gasteiger partial charge in [-0.25, -0.2) is 8.78 Å². The van der Waals surface area contributed by atoms with Gasteiger partial charge in [-0.3, -0.25) is 4.79 Å². The van der Waals surface area contributed by atoms with Gasteiger partial charge in [-0.05, 0) is 42.7 Å². The minimum atomic E-state index is -0.812. The lowest BCUT2D eigenvalue weighted by Gasteiger charge is -2.23. The number of rotatable bonds is 6. The lowest BCUT2D eigenvalue weighted by Crippen LogP contribution is -2.36. The summed E-state index contributed by atoms with van der Waals surface area (Å²) in [6.45, 7) is 0.214. The molecule has 1 aliphatic rings. The van der Waals surface area contributed by atoms with Gasteiger partial charge in [-0.1, -0.05) is 28.1 Å². The van der Waals surface area contributed by atoms with Gasteiger partial charge in [0.1, 0.15) is 5.82 Å². The molecule has 24 heavy (non-hydrogen) atoms. The van der Waals surface area contributed by atoms with Crippen LogP contribution in [0.3, 0.4) is 0 Å². The fourth-order valence-corrected chi connectivity index (χ4v) is 2.90. The number of nitrogens with zero attached hydrogens (tertiary/aromatic N) is 1. The molecule has 0 atom stereocenters. The molecular formula is C18H16BrF2NO2. The van der Waals surface area contributed by atoms with E-state index in [0.717, 1.165) is 35.0 Å². The molecule has 0 aromatic heterocycles. The minimum absolute atomic E-state index is 0.122. The van der Waals surface area contributed by atoms with Crippen molar-refractivity contribution in [2.75, 3.05) is 6.61 Å². The molecule has 0 radical (unpaired) electrons. The van der Waals surface area contributed by atoms with Crippen LogP contribution in [0.2, 0.25) is 0 Å². The molecule has 0 unspecified atom stereocenters. The zero-order valence-electron chi connectivity index (χ0n) is 12.8. The van der Waals surface area contributed by atoms with Crippen LogP contribution in [-0.2, 0) is 11.3 Å². The van der Waals surface area contributed by atoms with Crippen LogP contribution in [0.4, 0.5) is 8.78 Å². The first-order valence-corrected chi connectivity index (χ1v) is 8.44. The molecular weight excluding hydrogens is 380 g/mol. The van der Waals surface area contributed by atoms with E-state index in [9.17, 15) is 13.6 Å². The van der Waals surface area contributed by atoms with E-state index < -0.39 is 11.6 Å². The quantitative estimate of drug-likeness (QED) is 0.729. The number of hydrogen-bond donors (Lipinski definition) is 0. The van der Waals surface area contributed by atoms with Crippen molar-refractivity contribution in [1.29, 1.82) is 0 Å². The van der Waals surface area contributed by atoms with Crippen LogP contribution in [-0.4, -0.2) is 23.5 Å². The average molecular weight is 396 g/mol. The lowest BCUT2D eigenvalue weighted by atomic mass is 10.2. The van der Waals surface area contributed by atoms with Crippen molar-refractivity contribution in [3.8, 4) is 5.75 Å². The highest BCUT2D eigenvalue weighted by Gasteiger charge is 2.32. The van der Waals surface area contributed by atoms with Gasteiger partial charge in [0.25, 0.3) is 5.91 Å². The van der Waals surface area contributed by atoms with Crippen molar-refractivity contribution in [2.45, 2.75) is 25.4 Å². The molecule has 0 bridgehead atoms. The Morgan fingerprint density at radius 2 is 2.00 bits per heavy atom. The van der Waals surface area contributed by atoms with Gasteiger partial charge in [-0.15, -0.1) is 0 Å². The van der Waals surface area contributed by atoms with Crippen molar-refractivity contribution < 1.29 is 18.3 Å². The second kappa shape index (κ2) is 7.30. The lowest BCUT2D eigenvalue weighted by molar-refractivity contribution is -0.134. The van der Waals surface area contributed by atoms with E-state index in [4.69, 9.17) is 4.74 Å². The van der Waals surface area contributed by atoms with E-state index in [1.807, 2.05) is 24.3 Å². The second-order valence-electron chi connectivity index (χ2n) is 5.75. The molecule has 1 saturated carbocycles. The van der Waals surface area contributed by atoms with Crippen LogP contribution in [0.25, 0.3) is 0 Å². The first kappa shape index (κ1) is 16.9. The zero-order valence-corrected chi connectivity index (χ0v) is 14.4. The highest BCUT2D eigenvalue weighted by molar-refractivity contribution is 9.10. The third-order valence-electron chi connectivity index (χ3n) is 3.80. The normalized spacial score (nSPS) is 13.6. The molecule has 0 spiro atoms. The van der Waals surface area contributed by atoms with Gasteiger partial charge in [0.2, 0.25) is 0 Å². The number of carbonyl (C=O) groups excluding carboxylic acids is 1. The third kappa shape index (κ3) is 4.32. The summed E-state index contributed by atoms with van der Waals surface area (Å²) in [6, 6.07) is 11.0. The molecule has 0 aliphatic heterocycles. The predicted octanol–water partition coefficient (Wildman–Crippen LogP) is 4.30. The molecule has 3 nitrogen and oxygen atoms in total. The van der Waals surface area contributed by atoms with Gasteiger partial charge < -0.3 is 9.64 Å². The van der Waals surface area contributed by atoms with Crippen LogP contribution in [0.5, 0.6) is 5.75 Å². The molecule has 6 heteroatoms. The van der Waals surface area contributed by atoms with E-state index in [-0.39, 0.29) is 24.3 Å². The number of carbonyl (C=O) groups is 1. The molecule has 1 fully saturated rings. The number of benzene rings is 2. The standard InChI is InChI=1S/C18H16BrF2NO2/c19-13-3-1-2-12(8-13)10-22(15-5-6-15)18(23)11-24-17-7-4-14(20)9-16(17)21/h1-4,7-9,15H,5-6,10-11H2. The maximum Gasteiger partial charge on any atom is 0.261 e. The summed E-state index contributed by atoms with van der Waals surface area (Å²) in [6.07, 6.45) is 1.93. The maximum absolute atomic E-state index is 13.6. The number of amides is 1. The van der Waals surface area contributed by atoms with E-state index in [1.165, 1.54) is 6.07 Å². The molecule has 0 N–H and O–H groups in total. The van der Waals surface area contributed by atoms with Crippen LogP contribution in [0.1, 0.15) is 18.4 Å². The fourth-order valence-electron chi connectivity index (χ4n) is 2.45. The Bertz CT molecular complexity index is 750. The van der Waals surface area contributed by atoms with Crippen LogP contribution in [0.15, 0.2) is 46.9 Å². The molecule has 0 heterocycles. The maximum atomic E-state index is 13.6. The molecule has 2 aromatic carbocycles. The van der Waals surface area contributed by atoms with Crippen molar-refractivity contribution in [2.24, 2.45) is 0 Å². The Morgan fingerprint density at radius 1 is 1.21 bits per heavy atom. The smallest absolute Gasteiger partial charge is 0.261 e. The Morgan fingerprint density at radius 3 is 2.67 bits per heavy atom. The average Bonchev–Trinajstić information content (AvgIpc) is 3.36. The van der Waals surface area contributed by atoms with Crippen molar-refractivity contribution >= 4 is 21.8 Å². The minimum Gasteiger partial charge on any atom is -0.481 e. The van der Waals surface area contributed by atoms with Gasteiger partial charge in [0.15, 0.2) is 18.2 Å². The second-order valence-corrected chi connectivity index (χ2v) is 6.66. The Balaban J connectivity index is 1.64. The summed E-state index contributed by atoms with van der Waals surface area (Å²) in [4.78, 5) is 14.2. The molecule has 1 amide bonds. The number of hydrogen-bond acceptors (Lipinski definition) is 2. The Kier molecular flexibility index (Phi) is 5.14. The third-order valence-corrected chi connectivity index (χ3v) is 4.29. The summed E-state index contributed by atoms with van der Waals surface area (Å²) >= 11 is 3.42. The van der Waals surface area contributed by atoms with Gasteiger partial charge in [0.05, 0.1) is 0 Å². The topological polar surface area (TPSA) is 29.5 Å². The van der Waals surface area contributed by atoms with E-state index in [0.29, 0.717) is 6.54 Å². The highest BCUT2D eigenvalue weighted by Crippen LogP contribution is 2.29. The first-order valence-electron chi connectivity index (χ1n) is 7.64. The molecule has 0 saturated heterocycles. The largest absolute Gasteiger partial charge is 0.481 e. The fraction of sp³-hybridized carbons (Fsp3) is 0.278. The van der Waals surface area contributed by atoms with Crippen molar-refractivity contribution in [3.05, 3.63) is 64.1 Å². The highest BCUT2D eigenvalue weighted by atomic mass is 79.9. The van der Waals surface area contributed by atoms with E-state index >= 15 is 0 Å². The van der Waals surface area contributed by atoms with Gasteiger partial charge in [-0.2, -0.15) is 0 Å². The molecule has 3 rings (SSSR count). The summed E-state index contributed by atoms with van der Waals surface area (Å²) < 4.78 is 32.6. The molecule has 1 aliphatic carbocycles. The van der Waals surface area contributed by atoms with Gasteiger partial charge >= 0.3 is 0 Å². The molecule has 126 valence electrons. The first-order chi connectivity index (χ1) is 11.5.